The molecule has 0 fully saturated rings. The second-order valence-corrected chi connectivity index (χ2v) is 5.73. The van der Waals surface area contributed by atoms with E-state index in [1.165, 1.54) is 23.9 Å². The summed E-state index contributed by atoms with van der Waals surface area (Å²) in [6.07, 6.45) is 0. The first-order valence-corrected chi connectivity index (χ1v) is 7.40. The lowest BCUT2D eigenvalue weighted by Crippen LogP contribution is -2.45. The fraction of sp³-hybridized carbons (Fsp3) is 0.429. The molecule has 1 rings (SSSR count). The maximum absolute atomic E-state index is 12.7. The smallest absolute Gasteiger partial charge is 0.326 e. The molecule has 20 heavy (non-hydrogen) atoms. The minimum atomic E-state index is -1.03. The summed E-state index contributed by atoms with van der Waals surface area (Å²) in [6, 6.07) is 5.20. The van der Waals surface area contributed by atoms with Crippen LogP contribution in [0, 0.1) is 11.7 Å². The number of nitrogens with one attached hydrogen (secondary N) is 1. The van der Waals surface area contributed by atoms with Crippen LogP contribution in [0.5, 0.6) is 0 Å². The van der Waals surface area contributed by atoms with E-state index in [2.05, 4.69) is 5.32 Å². The average Bonchev–Trinajstić information content (AvgIpc) is 2.37. The van der Waals surface area contributed by atoms with E-state index in [-0.39, 0.29) is 23.4 Å². The number of carboxylic acids is 1. The Morgan fingerprint density at radius 3 is 2.40 bits per heavy atom. The lowest BCUT2D eigenvalue weighted by Gasteiger charge is -2.17. The Kier molecular flexibility index (Phi) is 6.51. The van der Waals surface area contributed by atoms with Gasteiger partial charge in [-0.25, -0.2) is 9.18 Å². The van der Waals surface area contributed by atoms with Gasteiger partial charge in [0.1, 0.15) is 11.9 Å². The van der Waals surface area contributed by atoms with E-state index < -0.39 is 12.0 Å². The Balaban J connectivity index is 2.36. The topological polar surface area (TPSA) is 66.4 Å². The summed E-state index contributed by atoms with van der Waals surface area (Å²) < 4.78 is 12.7. The van der Waals surface area contributed by atoms with E-state index in [0.717, 1.165) is 5.56 Å². The Morgan fingerprint density at radius 1 is 1.30 bits per heavy atom. The summed E-state index contributed by atoms with van der Waals surface area (Å²) in [5, 5.41) is 11.5. The Hall–Kier alpha value is -1.56. The third kappa shape index (κ3) is 5.61. The number of benzene rings is 1. The molecule has 0 bridgehead atoms. The van der Waals surface area contributed by atoms with Crippen LogP contribution in [0.4, 0.5) is 4.39 Å². The molecule has 1 atom stereocenters. The quantitative estimate of drug-likeness (QED) is 0.810. The molecule has 1 aromatic rings. The van der Waals surface area contributed by atoms with E-state index in [4.69, 9.17) is 5.11 Å². The number of thioether (sulfide) groups is 1. The number of aliphatic carboxylic acids is 1. The highest BCUT2D eigenvalue weighted by Crippen LogP contribution is 2.13. The fourth-order valence-corrected chi connectivity index (χ4v) is 2.37. The van der Waals surface area contributed by atoms with Crippen LogP contribution >= 0.6 is 11.8 Å². The van der Waals surface area contributed by atoms with Gasteiger partial charge in [-0.15, -0.1) is 11.8 Å². The van der Waals surface area contributed by atoms with Gasteiger partial charge in [-0.05, 0) is 23.6 Å². The van der Waals surface area contributed by atoms with E-state index in [9.17, 15) is 14.0 Å². The minimum absolute atomic E-state index is 0.168. The van der Waals surface area contributed by atoms with Gasteiger partial charge in [0.2, 0.25) is 5.91 Å². The normalized spacial score (nSPS) is 12.2. The number of halogens is 1. The van der Waals surface area contributed by atoms with Gasteiger partial charge in [0.15, 0.2) is 0 Å². The highest BCUT2D eigenvalue weighted by Gasteiger charge is 2.22. The van der Waals surface area contributed by atoms with E-state index in [0.29, 0.717) is 5.75 Å². The zero-order valence-corrected chi connectivity index (χ0v) is 12.2. The van der Waals surface area contributed by atoms with Crippen LogP contribution in [0.15, 0.2) is 24.3 Å². The number of carbonyl (C=O) groups excluding carboxylic acids is 1. The van der Waals surface area contributed by atoms with Gasteiger partial charge < -0.3 is 10.4 Å². The zero-order valence-electron chi connectivity index (χ0n) is 11.4. The monoisotopic (exact) mass is 299 g/mol. The van der Waals surface area contributed by atoms with Gasteiger partial charge in [-0.1, -0.05) is 26.0 Å². The molecule has 0 saturated heterocycles. The first-order chi connectivity index (χ1) is 9.40. The summed E-state index contributed by atoms with van der Waals surface area (Å²) in [4.78, 5) is 22.6. The lowest BCUT2D eigenvalue weighted by atomic mass is 10.1. The Bertz CT molecular complexity index is 462. The second-order valence-electron chi connectivity index (χ2n) is 4.75. The number of rotatable bonds is 7. The van der Waals surface area contributed by atoms with Crippen molar-refractivity contribution in [1.29, 1.82) is 0 Å². The Morgan fingerprint density at radius 2 is 1.90 bits per heavy atom. The second kappa shape index (κ2) is 7.89. The summed E-state index contributed by atoms with van der Waals surface area (Å²) >= 11 is 1.36. The van der Waals surface area contributed by atoms with Gasteiger partial charge in [0, 0.05) is 5.75 Å². The van der Waals surface area contributed by atoms with Crippen molar-refractivity contribution in [2.75, 3.05) is 5.75 Å². The standard InChI is InChI=1S/C14H18FNO3S/c1-9(2)13(14(18)19)16-12(17)8-20-7-10-3-5-11(15)6-4-10/h3-6,9,13H,7-8H2,1-2H3,(H,16,17)(H,18,19)/t13-/m0/s1. The third-order valence-corrected chi connectivity index (χ3v) is 3.67. The minimum Gasteiger partial charge on any atom is -0.480 e. The number of carboxylic acid groups (broad SMARTS) is 1. The maximum Gasteiger partial charge on any atom is 0.326 e. The molecule has 0 spiro atoms. The molecule has 2 N–H and O–H groups in total. The number of carbonyl (C=O) groups is 2. The molecule has 4 nitrogen and oxygen atoms in total. The molecule has 0 aliphatic rings. The average molecular weight is 299 g/mol. The van der Waals surface area contributed by atoms with Crippen molar-refractivity contribution >= 4 is 23.6 Å². The van der Waals surface area contributed by atoms with Crippen LogP contribution in [0.3, 0.4) is 0 Å². The van der Waals surface area contributed by atoms with Crippen LogP contribution in [0.25, 0.3) is 0 Å². The predicted octanol–water partition coefficient (Wildman–Crippen LogP) is 2.28. The SMILES string of the molecule is CC(C)[C@H](NC(=O)CSCc1ccc(F)cc1)C(=O)O. The van der Waals surface area contributed by atoms with Gasteiger partial charge in [0.25, 0.3) is 0 Å². The van der Waals surface area contributed by atoms with E-state index in [1.54, 1.807) is 26.0 Å². The van der Waals surface area contributed by atoms with Crippen LogP contribution in [0.1, 0.15) is 19.4 Å². The summed E-state index contributed by atoms with van der Waals surface area (Å²) in [5.41, 5.74) is 0.919. The van der Waals surface area contributed by atoms with Crippen molar-refractivity contribution in [1.82, 2.24) is 5.32 Å². The highest BCUT2D eigenvalue weighted by molar-refractivity contribution is 7.99. The molecular weight excluding hydrogens is 281 g/mol. The molecule has 1 amide bonds. The molecular formula is C14H18FNO3S. The van der Waals surface area contributed by atoms with Crippen LogP contribution in [-0.2, 0) is 15.3 Å². The number of hydrogen-bond donors (Lipinski definition) is 2. The largest absolute Gasteiger partial charge is 0.480 e. The summed E-state index contributed by atoms with van der Waals surface area (Å²) in [7, 11) is 0. The first-order valence-electron chi connectivity index (χ1n) is 6.24. The van der Waals surface area contributed by atoms with Gasteiger partial charge >= 0.3 is 5.97 Å². The first kappa shape index (κ1) is 16.5. The van der Waals surface area contributed by atoms with Gasteiger partial charge in [-0.2, -0.15) is 0 Å². The number of hydrogen-bond acceptors (Lipinski definition) is 3. The van der Waals surface area contributed by atoms with Gasteiger partial charge in [0.05, 0.1) is 5.75 Å². The molecule has 0 aliphatic carbocycles. The van der Waals surface area contributed by atoms with Crippen molar-refractivity contribution in [2.45, 2.75) is 25.6 Å². The summed E-state index contributed by atoms with van der Waals surface area (Å²) in [6.45, 7) is 3.48. The van der Waals surface area contributed by atoms with E-state index >= 15 is 0 Å². The Labute approximate surface area is 121 Å². The van der Waals surface area contributed by atoms with Crippen molar-refractivity contribution in [3.05, 3.63) is 35.6 Å². The molecule has 1 aromatic carbocycles. The molecule has 0 aliphatic heterocycles. The molecule has 110 valence electrons. The van der Waals surface area contributed by atoms with Gasteiger partial charge in [-0.3, -0.25) is 4.79 Å². The lowest BCUT2D eigenvalue weighted by molar-refractivity contribution is -0.142. The molecule has 0 aromatic heterocycles. The molecule has 0 saturated carbocycles. The molecule has 6 heteroatoms. The van der Waals surface area contributed by atoms with Crippen molar-refractivity contribution in [3.8, 4) is 0 Å². The van der Waals surface area contributed by atoms with Crippen molar-refractivity contribution in [2.24, 2.45) is 5.92 Å². The predicted molar refractivity (Wildman–Crippen MR) is 77.0 cm³/mol. The van der Waals surface area contributed by atoms with Crippen molar-refractivity contribution in [3.63, 3.8) is 0 Å². The van der Waals surface area contributed by atoms with Crippen LogP contribution in [0.2, 0.25) is 0 Å². The van der Waals surface area contributed by atoms with Crippen LogP contribution in [-0.4, -0.2) is 28.8 Å². The summed E-state index contributed by atoms with van der Waals surface area (Å²) in [5.74, 6) is -1.05. The third-order valence-electron chi connectivity index (χ3n) is 2.66. The molecule has 0 radical (unpaired) electrons. The highest BCUT2D eigenvalue weighted by atomic mass is 32.2. The molecule has 0 unspecified atom stereocenters. The van der Waals surface area contributed by atoms with E-state index in [1.807, 2.05) is 0 Å². The van der Waals surface area contributed by atoms with Crippen LogP contribution < -0.4 is 5.32 Å². The maximum atomic E-state index is 12.7. The zero-order chi connectivity index (χ0) is 15.1. The molecule has 0 heterocycles. The van der Waals surface area contributed by atoms with Crippen molar-refractivity contribution < 1.29 is 19.1 Å². The number of amides is 1. The fourth-order valence-electron chi connectivity index (χ4n) is 1.57.